The molecule has 0 amide bonds. The van der Waals surface area contributed by atoms with E-state index in [4.69, 9.17) is 16.3 Å². The molecule has 5 aromatic rings. The van der Waals surface area contributed by atoms with Crippen LogP contribution in [-0.2, 0) is 22.6 Å². The van der Waals surface area contributed by atoms with Gasteiger partial charge < -0.3 is 14.4 Å². The molecule has 35 heavy (non-hydrogen) atoms. The van der Waals surface area contributed by atoms with Gasteiger partial charge in [-0.2, -0.15) is 5.10 Å². The maximum Gasteiger partial charge on any atom is 0.327 e. The summed E-state index contributed by atoms with van der Waals surface area (Å²) in [5.74, 6) is -1.09. The molecule has 2 aromatic carbocycles. The normalized spacial score (nSPS) is 12.3. The average molecular weight is 489 g/mol. The van der Waals surface area contributed by atoms with Crippen LogP contribution in [0, 0.1) is 0 Å². The van der Waals surface area contributed by atoms with Crippen LogP contribution in [0.1, 0.15) is 17.3 Å². The van der Waals surface area contributed by atoms with Crippen LogP contribution in [0.2, 0.25) is 5.02 Å². The lowest BCUT2D eigenvalue weighted by Crippen LogP contribution is -2.31. The molecule has 0 saturated heterocycles. The molecule has 1 N–H and O–H groups in total. The van der Waals surface area contributed by atoms with E-state index in [0.717, 1.165) is 16.7 Å². The fourth-order valence-corrected chi connectivity index (χ4v) is 4.39. The van der Waals surface area contributed by atoms with Crippen molar-refractivity contribution in [2.75, 3.05) is 7.11 Å². The molecule has 8 nitrogen and oxygen atoms in total. The molecule has 0 fully saturated rings. The summed E-state index contributed by atoms with van der Waals surface area (Å²) >= 11 is 6.06. The summed E-state index contributed by atoms with van der Waals surface area (Å²) < 4.78 is 8.20. The van der Waals surface area contributed by atoms with Gasteiger partial charge in [0.15, 0.2) is 5.65 Å². The zero-order chi connectivity index (χ0) is 24.5. The third-order valence-corrected chi connectivity index (χ3v) is 6.17. The van der Waals surface area contributed by atoms with Crippen LogP contribution in [0.4, 0.5) is 0 Å². The van der Waals surface area contributed by atoms with Crippen LogP contribution in [0.5, 0.6) is 0 Å². The van der Waals surface area contributed by atoms with Gasteiger partial charge in [0.05, 0.1) is 28.8 Å². The first-order chi connectivity index (χ1) is 17.0. The minimum Gasteiger partial charge on any atom is -0.480 e. The van der Waals surface area contributed by atoms with Crippen LogP contribution >= 0.6 is 11.6 Å². The Bertz CT molecular complexity index is 1590. The van der Waals surface area contributed by atoms with Gasteiger partial charge in [0, 0.05) is 30.9 Å². The summed E-state index contributed by atoms with van der Waals surface area (Å²) in [4.78, 5) is 30.1. The summed E-state index contributed by atoms with van der Waals surface area (Å²) in [7, 11) is 1.58. The predicted octanol–water partition coefficient (Wildman–Crippen LogP) is 4.38. The lowest BCUT2D eigenvalue weighted by Gasteiger charge is -2.16. The van der Waals surface area contributed by atoms with Crippen LogP contribution in [0.3, 0.4) is 0 Å². The van der Waals surface area contributed by atoms with Crippen molar-refractivity contribution < 1.29 is 14.6 Å². The SMILES string of the molecule is COCc1nn2c(ncc3c(=O)n([C@H](Cc4ccccc4)C(=O)O)ccc32)c1-c1ccc(Cl)cc1. The summed E-state index contributed by atoms with van der Waals surface area (Å²) in [6.45, 7) is 0.248. The highest BCUT2D eigenvalue weighted by atomic mass is 35.5. The van der Waals surface area contributed by atoms with E-state index in [1.165, 1.54) is 17.0 Å². The van der Waals surface area contributed by atoms with Gasteiger partial charge in [-0.05, 0) is 29.3 Å². The van der Waals surface area contributed by atoms with E-state index in [1.54, 1.807) is 29.8 Å². The number of nitrogens with zero attached hydrogens (tertiary/aromatic N) is 4. The Labute approximate surface area is 205 Å². The second-order valence-electron chi connectivity index (χ2n) is 8.13. The number of rotatable bonds is 7. The number of carboxylic acid groups (broad SMARTS) is 1. The Morgan fingerprint density at radius 2 is 1.86 bits per heavy atom. The van der Waals surface area contributed by atoms with Crippen LogP contribution in [0.25, 0.3) is 27.7 Å². The van der Waals surface area contributed by atoms with Crippen molar-refractivity contribution in [1.29, 1.82) is 0 Å². The topological polar surface area (TPSA) is 98.7 Å². The van der Waals surface area contributed by atoms with Crippen LogP contribution in [0.15, 0.2) is 77.9 Å². The molecule has 1 atom stereocenters. The minimum absolute atomic E-state index is 0.178. The maximum absolute atomic E-state index is 13.4. The fourth-order valence-electron chi connectivity index (χ4n) is 4.27. The van der Waals surface area contributed by atoms with E-state index in [1.807, 2.05) is 42.5 Å². The second kappa shape index (κ2) is 9.32. The number of aliphatic carboxylic acids is 1. The van der Waals surface area contributed by atoms with Gasteiger partial charge in [0.25, 0.3) is 5.56 Å². The smallest absolute Gasteiger partial charge is 0.327 e. The second-order valence-corrected chi connectivity index (χ2v) is 8.56. The molecule has 3 aromatic heterocycles. The molecule has 0 aliphatic heterocycles. The van der Waals surface area contributed by atoms with Crippen molar-refractivity contribution in [3.8, 4) is 11.1 Å². The van der Waals surface area contributed by atoms with Crippen molar-refractivity contribution in [3.63, 3.8) is 0 Å². The van der Waals surface area contributed by atoms with Crippen molar-refractivity contribution in [3.05, 3.63) is 99.7 Å². The van der Waals surface area contributed by atoms with Crippen LogP contribution < -0.4 is 5.56 Å². The minimum atomic E-state index is -1.09. The van der Waals surface area contributed by atoms with Crippen molar-refractivity contribution in [2.45, 2.75) is 19.1 Å². The first kappa shape index (κ1) is 22.8. The van der Waals surface area contributed by atoms with Crippen molar-refractivity contribution in [1.82, 2.24) is 19.2 Å². The van der Waals surface area contributed by atoms with Crippen molar-refractivity contribution in [2.24, 2.45) is 0 Å². The molecule has 5 rings (SSSR count). The number of hydrogen-bond donors (Lipinski definition) is 1. The molecule has 0 aliphatic carbocycles. The lowest BCUT2D eigenvalue weighted by atomic mass is 10.1. The molecule has 3 heterocycles. The quantitative estimate of drug-likeness (QED) is 0.365. The molecule has 0 spiro atoms. The summed E-state index contributed by atoms with van der Waals surface area (Å²) in [5, 5.41) is 15.4. The fraction of sp³-hybridized carbons (Fsp3) is 0.154. The van der Waals surface area contributed by atoms with Crippen LogP contribution in [-0.4, -0.2) is 37.4 Å². The first-order valence-electron chi connectivity index (χ1n) is 10.9. The van der Waals surface area contributed by atoms with E-state index >= 15 is 0 Å². The lowest BCUT2D eigenvalue weighted by molar-refractivity contribution is -0.141. The molecule has 0 saturated carbocycles. The Hall–Kier alpha value is -4.01. The number of benzene rings is 2. The van der Waals surface area contributed by atoms with E-state index in [0.29, 0.717) is 21.9 Å². The molecule has 0 bridgehead atoms. The monoisotopic (exact) mass is 488 g/mol. The first-order valence-corrected chi connectivity index (χ1v) is 11.3. The number of hydrogen-bond acceptors (Lipinski definition) is 5. The number of carbonyl (C=O) groups is 1. The van der Waals surface area contributed by atoms with Gasteiger partial charge in [0.2, 0.25) is 0 Å². The largest absolute Gasteiger partial charge is 0.480 e. The highest BCUT2D eigenvalue weighted by molar-refractivity contribution is 6.30. The molecule has 0 unspecified atom stereocenters. The number of aromatic nitrogens is 4. The standard InChI is InChI=1S/C26H21ClN4O4/c1-35-15-20-23(17-7-9-18(27)10-8-17)24-28-14-19-21(31(24)29-20)11-12-30(25(19)32)22(26(33)34)13-16-5-3-2-4-6-16/h2-12,14,22H,13,15H2,1H3,(H,33,34)/t22-/m1/s1. The zero-order valence-electron chi connectivity index (χ0n) is 18.8. The Morgan fingerprint density at radius 1 is 1.11 bits per heavy atom. The Balaban J connectivity index is 1.67. The number of pyridine rings is 1. The third-order valence-electron chi connectivity index (χ3n) is 5.92. The molecule has 0 radical (unpaired) electrons. The summed E-state index contributed by atoms with van der Waals surface area (Å²) in [5.41, 5.74) is 3.77. The predicted molar refractivity (Wildman–Crippen MR) is 133 cm³/mol. The number of halogens is 1. The molecule has 9 heteroatoms. The highest BCUT2D eigenvalue weighted by Crippen LogP contribution is 2.30. The molecule has 176 valence electrons. The van der Waals surface area contributed by atoms with E-state index in [9.17, 15) is 14.7 Å². The maximum atomic E-state index is 13.4. The average Bonchev–Trinajstić information content (AvgIpc) is 3.23. The van der Waals surface area contributed by atoms with Gasteiger partial charge in [-0.3, -0.25) is 4.79 Å². The Kier molecular flexibility index (Phi) is 6.07. The number of carboxylic acids is 1. The molecule has 0 aliphatic rings. The van der Waals surface area contributed by atoms with Gasteiger partial charge in [0.1, 0.15) is 6.04 Å². The number of fused-ring (bicyclic) bond motifs is 3. The highest BCUT2D eigenvalue weighted by Gasteiger charge is 2.24. The van der Waals surface area contributed by atoms with Crippen molar-refractivity contribution >= 4 is 34.1 Å². The van der Waals surface area contributed by atoms with Gasteiger partial charge in [-0.1, -0.05) is 54.1 Å². The molecular formula is C26H21ClN4O4. The van der Waals surface area contributed by atoms with Gasteiger partial charge >= 0.3 is 5.97 Å². The summed E-state index contributed by atoms with van der Waals surface area (Å²) in [6.07, 6.45) is 3.16. The van der Waals surface area contributed by atoms with Gasteiger partial charge in [-0.25, -0.2) is 14.3 Å². The Morgan fingerprint density at radius 3 is 2.54 bits per heavy atom. The summed E-state index contributed by atoms with van der Waals surface area (Å²) in [6, 6.07) is 17.2. The molecular weight excluding hydrogens is 468 g/mol. The van der Waals surface area contributed by atoms with E-state index < -0.39 is 17.6 Å². The third kappa shape index (κ3) is 4.18. The number of methoxy groups -OCH3 is 1. The zero-order valence-corrected chi connectivity index (χ0v) is 19.5. The number of ether oxygens (including phenoxy) is 1. The van der Waals surface area contributed by atoms with E-state index in [2.05, 4.69) is 10.1 Å². The van der Waals surface area contributed by atoms with E-state index in [-0.39, 0.29) is 18.4 Å². The van der Waals surface area contributed by atoms with Gasteiger partial charge in [-0.15, -0.1) is 0 Å².